The second-order valence-electron chi connectivity index (χ2n) is 6.09. The number of rotatable bonds is 4. The SMILES string of the molecule is Cc1nc2nc(N)nn2c(C)c1CC(=O)NCc1ccc(C(F)(F)F)cc1. The number of hydrogen-bond donors (Lipinski definition) is 2. The van der Waals surface area contributed by atoms with Crippen molar-refractivity contribution in [1.82, 2.24) is 24.9 Å². The summed E-state index contributed by atoms with van der Waals surface area (Å²) in [7, 11) is 0. The van der Waals surface area contributed by atoms with Gasteiger partial charge in [0, 0.05) is 23.5 Å². The van der Waals surface area contributed by atoms with Gasteiger partial charge in [0.2, 0.25) is 11.9 Å². The third-order valence-electron chi connectivity index (χ3n) is 4.17. The lowest BCUT2D eigenvalue weighted by molar-refractivity contribution is -0.137. The highest BCUT2D eigenvalue weighted by Crippen LogP contribution is 2.29. The molecule has 0 radical (unpaired) electrons. The number of benzene rings is 1. The van der Waals surface area contributed by atoms with Gasteiger partial charge in [0.15, 0.2) is 0 Å². The average Bonchev–Trinajstić information content (AvgIpc) is 2.97. The molecule has 27 heavy (non-hydrogen) atoms. The smallest absolute Gasteiger partial charge is 0.366 e. The average molecular weight is 378 g/mol. The minimum Gasteiger partial charge on any atom is -0.366 e. The highest BCUT2D eigenvalue weighted by molar-refractivity contribution is 5.79. The molecule has 0 saturated heterocycles. The maximum atomic E-state index is 12.6. The van der Waals surface area contributed by atoms with E-state index >= 15 is 0 Å². The lowest BCUT2D eigenvalue weighted by Crippen LogP contribution is -2.26. The molecule has 3 N–H and O–H groups in total. The van der Waals surface area contributed by atoms with Gasteiger partial charge >= 0.3 is 6.18 Å². The number of halogens is 3. The second kappa shape index (κ2) is 6.86. The molecule has 10 heteroatoms. The van der Waals surface area contributed by atoms with Crippen LogP contribution in [0.3, 0.4) is 0 Å². The van der Waals surface area contributed by atoms with Gasteiger partial charge in [-0.25, -0.2) is 4.98 Å². The minimum absolute atomic E-state index is 0.0566. The maximum Gasteiger partial charge on any atom is 0.416 e. The fourth-order valence-corrected chi connectivity index (χ4v) is 2.71. The van der Waals surface area contributed by atoms with E-state index in [-0.39, 0.29) is 24.8 Å². The van der Waals surface area contributed by atoms with Gasteiger partial charge in [0.25, 0.3) is 5.78 Å². The van der Waals surface area contributed by atoms with Gasteiger partial charge in [-0.1, -0.05) is 12.1 Å². The van der Waals surface area contributed by atoms with E-state index in [1.54, 1.807) is 13.8 Å². The first-order valence-electron chi connectivity index (χ1n) is 8.06. The van der Waals surface area contributed by atoms with Crippen molar-refractivity contribution >= 4 is 17.6 Å². The summed E-state index contributed by atoms with van der Waals surface area (Å²) in [6.45, 7) is 3.67. The summed E-state index contributed by atoms with van der Waals surface area (Å²) in [5, 5.41) is 6.74. The first-order valence-corrected chi connectivity index (χ1v) is 8.06. The Morgan fingerprint density at radius 3 is 2.48 bits per heavy atom. The second-order valence-corrected chi connectivity index (χ2v) is 6.09. The molecule has 0 spiro atoms. The highest BCUT2D eigenvalue weighted by atomic mass is 19.4. The highest BCUT2D eigenvalue weighted by Gasteiger charge is 2.29. The fraction of sp³-hybridized carbons (Fsp3) is 0.294. The number of alkyl halides is 3. The van der Waals surface area contributed by atoms with Gasteiger partial charge < -0.3 is 11.1 Å². The quantitative estimate of drug-likeness (QED) is 0.725. The number of aryl methyl sites for hydroxylation is 2. The number of nitrogens with zero attached hydrogens (tertiary/aromatic N) is 4. The molecule has 142 valence electrons. The predicted octanol–water partition coefficient (Wildman–Crippen LogP) is 2.20. The van der Waals surface area contributed by atoms with E-state index in [1.807, 2.05) is 0 Å². The zero-order valence-electron chi connectivity index (χ0n) is 14.6. The third kappa shape index (κ3) is 3.99. The molecule has 0 bridgehead atoms. The molecule has 1 amide bonds. The Morgan fingerprint density at radius 2 is 1.85 bits per heavy atom. The van der Waals surface area contributed by atoms with Gasteiger partial charge in [-0.15, -0.1) is 5.10 Å². The maximum absolute atomic E-state index is 12.6. The number of nitrogen functional groups attached to an aromatic ring is 1. The van der Waals surface area contributed by atoms with E-state index in [1.165, 1.54) is 16.6 Å². The first-order chi connectivity index (χ1) is 12.6. The van der Waals surface area contributed by atoms with Crippen LogP contribution in [0.4, 0.5) is 19.1 Å². The van der Waals surface area contributed by atoms with Crippen molar-refractivity contribution in [3.8, 4) is 0 Å². The predicted molar refractivity (Wildman–Crippen MR) is 91.7 cm³/mol. The monoisotopic (exact) mass is 378 g/mol. The van der Waals surface area contributed by atoms with Gasteiger partial charge in [0.1, 0.15) is 0 Å². The summed E-state index contributed by atoms with van der Waals surface area (Å²) in [5.74, 6) is 0.167. The molecule has 0 aliphatic heterocycles. The van der Waals surface area contributed by atoms with E-state index in [9.17, 15) is 18.0 Å². The Labute approximate surface area is 152 Å². The normalized spacial score (nSPS) is 11.7. The Kier molecular flexibility index (Phi) is 4.73. The standard InChI is InChI=1S/C17H17F3N6O/c1-9-13(10(2)26-16(23-9)24-15(21)25-26)7-14(27)22-8-11-3-5-12(6-4-11)17(18,19)20/h3-6H,7-8H2,1-2H3,(H2,21,25)(H,22,27). The van der Waals surface area contributed by atoms with Gasteiger partial charge in [0.05, 0.1) is 12.0 Å². The van der Waals surface area contributed by atoms with Crippen LogP contribution in [0.15, 0.2) is 24.3 Å². The summed E-state index contributed by atoms with van der Waals surface area (Å²) in [6, 6.07) is 4.66. The summed E-state index contributed by atoms with van der Waals surface area (Å²) in [6.07, 6.45) is -4.33. The Morgan fingerprint density at radius 1 is 1.19 bits per heavy atom. The molecule has 0 saturated carbocycles. The summed E-state index contributed by atoms with van der Waals surface area (Å²) < 4.78 is 39.2. The largest absolute Gasteiger partial charge is 0.416 e. The van der Waals surface area contributed by atoms with Crippen LogP contribution < -0.4 is 11.1 Å². The van der Waals surface area contributed by atoms with Crippen LogP contribution >= 0.6 is 0 Å². The van der Waals surface area contributed by atoms with E-state index in [0.717, 1.165) is 12.1 Å². The van der Waals surface area contributed by atoms with Crippen molar-refractivity contribution in [3.63, 3.8) is 0 Å². The molecule has 3 aromatic rings. The lowest BCUT2D eigenvalue weighted by atomic mass is 10.1. The van der Waals surface area contributed by atoms with Gasteiger partial charge in [-0.05, 0) is 31.5 Å². The molecule has 1 aromatic carbocycles. The van der Waals surface area contributed by atoms with E-state index in [2.05, 4.69) is 20.4 Å². The van der Waals surface area contributed by atoms with Crippen molar-refractivity contribution in [1.29, 1.82) is 0 Å². The van der Waals surface area contributed by atoms with E-state index < -0.39 is 11.7 Å². The fourth-order valence-electron chi connectivity index (χ4n) is 2.71. The topological polar surface area (TPSA) is 98.2 Å². The van der Waals surface area contributed by atoms with Crippen LogP contribution in [0, 0.1) is 13.8 Å². The Hall–Kier alpha value is -3.17. The molecule has 2 aromatic heterocycles. The zero-order chi connectivity index (χ0) is 19.8. The van der Waals surface area contributed by atoms with E-state index in [0.29, 0.717) is 28.3 Å². The summed E-state index contributed by atoms with van der Waals surface area (Å²) in [4.78, 5) is 20.5. The van der Waals surface area contributed by atoms with E-state index in [4.69, 9.17) is 5.73 Å². The number of amides is 1. The number of hydrogen-bond acceptors (Lipinski definition) is 5. The molecule has 3 rings (SSSR count). The van der Waals surface area contributed by atoms with Crippen LogP contribution in [0.1, 0.15) is 28.1 Å². The number of carbonyl (C=O) groups is 1. The van der Waals surface area contributed by atoms with Crippen LogP contribution in [0.25, 0.3) is 5.78 Å². The van der Waals surface area contributed by atoms with Crippen molar-refractivity contribution in [2.24, 2.45) is 0 Å². The number of nitrogens with two attached hydrogens (primary N) is 1. The molecular weight excluding hydrogens is 361 g/mol. The summed E-state index contributed by atoms with van der Waals surface area (Å²) >= 11 is 0. The van der Waals surface area contributed by atoms with Crippen molar-refractivity contribution in [2.75, 3.05) is 5.73 Å². The zero-order valence-corrected chi connectivity index (χ0v) is 14.6. The molecule has 0 aliphatic carbocycles. The number of nitrogens with one attached hydrogen (secondary N) is 1. The summed E-state index contributed by atoms with van der Waals surface area (Å²) in [5.41, 5.74) is 7.45. The Balaban J connectivity index is 1.68. The molecule has 0 unspecified atom stereocenters. The van der Waals surface area contributed by atoms with Crippen LogP contribution in [-0.2, 0) is 23.9 Å². The number of fused-ring (bicyclic) bond motifs is 1. The number of aromatic nitrogens is 4. The van der Waals surface area contributed by atoms with Gasteiger partial charge in [-0.3, -0.25) is 4.79 Å². The minimum atomic E-state index is -4.38. The Bertz CT molecular complexity index is 995. The van der Waals surface area contributed by atoms with Crippen LogP contribution in [-0.4, -0.2) is 25.5 Å². The molecule has 2 heterocycles. The molecule has 0 aliphatic rings. The van der Waals surface area contributed by atoms with Crippen LogP contribution in [0.2, 0.25) is 0 Å². The van der Waals surface area contributed by atoms with Crippen molar-refractivity contribution in [2.45, 2.75) is 33.0 Å². The molecule has 0 fully saturated rings. The lowest BCUT2D eigenvalue weighted by Gasteiger charge is -2.11. The van der Waals surface area contributed by atoms with Gasteiger partial charge in [-0.2, -0.15) is 22.7 Å². The van der Waals surface area contributed by atoms with Crippen molar-refractivity contribution in [3.05, 3.63) is 52.3 Å². The molecule has 7 nitrogen and oxygen atoms in total. The van der Waals surface area contributed by atoms with Crippen molar-refractivity contribution < 1.29 is 18.0 Å². The van der Waals surface area contributed by atoms with Crippen LogP contribution in [0.5, 0.6) is 0 Å². The molecule has 0 atom stereocenters. The number of carbonyl (C=O) groups excluding carboxylic acids is 1. The third-order valence-corrected chi connectivity index (χ3v) is 4.17. The number of anilines is 1. The molecular formula is C17H17F3N6O. The first kappa shape index (κ1) is 18.6.